The monoisotopic (exact) mass is 403 g/mol. The fourth-order valence-corrected chi connectivity index (χ4v) is 4.56. The molecule has 0 saturated carbocycles. The summed E-state index contributed by atoms with van der Waals surface area (Å²) in [7, 11) is 0. The van der Waals surface area contributed by atoms with Gasteiger partial charge < -0.3 is 10.1 Å². The summed E-state index contributed by atoms with van der Waals surface area (Å²) in [5, 5.41) is 4.11. The van der Waals surface area contributed by atoms with Gasteiger partial charge >= 0.3 is 5.97 Å². The minimum Gasteiger partial charge on any atom is -0.462 e. The zero-order valence-electron chi connectivity index (χ0n) is 15.2. The smallest absolute Gasteiger partial charge is 0.341 e. The number of hydrogen-bond acceptors (Lipinski definition) is 4. The quantitative estimate of drug-likeness (QED) is 0.407. The van der Waals surface area contributed by atoms with Crippen LogP contribution in [0.25, 0.3) is 6.08 Å². The molecular formula is C21H22ClNO3S. The fraction of sp³-hybridized carbons (Fsp3) is 0.333. The molecule has 0 fully saturated rings. The number of carbonyl (C=O) groups is 2. The van der Waals surface area contributed by atoms with Gasteiger partial charge in [-0.05, 0) is 61.9 Å². The summed E-state index contributed by atoms with van der Waals surface area (Å²) in [5.41, 5.74) is 2.46. The minimum atomic E-state index is -0.353. The summed E-state index contributed by atoms with van der Waals surface area (Å²) in [5.74, 6) is -0.624. The van der Waals surface area contributed by atoms with E-state index in [2.05, 4.69) is 5.32 Å². The first kappa shape index (κ1) is 19.6. The number of thiophene rings is 1. The fourth-order valence-electron chi connectivity index (χ4n) is 3.15. The zero-order valence-corrected chi connectivity index (χ0v) is 16.8. The Balaban J connectivity index is 1.81. The first-order valence-electron chi connectivity index (χ1n) is 9.14. The average Bonchev–Trinajstić information content (AvgIpc) is 2.82. The van der Waals surface area contributed by atoms with E-state index in [1.54, 1.807) is 25.1 Å². The zero-order chi connectivity index (χ0) is 19.2. The number of halogens is 1. The Bertz CT molecular complexity index is 855. The Hall–Kier alpha value is -2.11. The number of aryl methyl sites for hydroxylation is 1. The lowest BCUT2D eigenvalue weighted by Crippen LogP contribution is -2.13. The molecule has 0 saturated heterocycles. The predicted molar refractivity (Wildman–Crippen MR) is 111 cm³/mol. The second-order valence-corrected chi connectivity index (χ2v) is 7.90. The van der Waals surface area contributed by atoms with Gasteiger partial charge in [0.25, 0.3) is 0 Å². The van der Waals surface area contributed by atoms with Crippen LogP contribution < -0.4 is 5.32 Å². The van der Waals surface area contributed by atoms with Gasteiger partial charge in [0, 0.05) is 16.0 Å². The first-order valence-corrected chi connectivity index (χ1v) is 10.3. The van der Waals surface area contributed by atoms with Crippen molar-refractivity contribution in [1.82, 2.24) is 0 Å². The SMILES string of the molecule is CCOC(=O)c1c(NC(=O)/C=C/c2ccc(Cl)cc2)sc2c1CCCCC2. The van der Waals surface area contributed by atoms with Gasteiger partial charge in [-0.2, -0.15) is 0 Å². The van der Waals surface area contributed by atoms with Crippen molar-refractivity contribution in [3.8, 4) is 0 Å². The van der Waals surface area contributed by atoms with Gasteiger partial charge in [-0.25, -0.2) is 4.79 Å². The standard InChI is InChI=1S/C21H22ClNO3S/c1-2-26-21(25)19-16-6-4-3-5-7-17(16)27-20(19)23-18(24)13-10-14-8-11-15(22)12-9-14/h8-13H,2-7H2,1H3,(H,23,24)/b13-10+. The van der Waals surface area contributed by atoms with Crippen LogP contribution in [-0.4, -0.2) is 18.5 Å². The number of anilines is 1. The van der Waals surface area contributed by atoms with E-state index in [-0.39, 0.29) is 11.9 Å². The van der Waals surface area contributed by atoms with Gasteiger partial charge in [0.05, 0.1) is 12.2 Å². The van der Waals surface area contributed by atoms with Crippen LogP contribution in [0.5, 0.6) is 0 Å². The summed E-state index contributed by atoms with van der Waals surface area (Å²) in [6, 6.07) is 7.22. The van der Waals surface area contributed by atoms with E-state index in [1.807, 2.05) is 12.1 Å². The van der Waals surface area contributed by atoms with Gasteiger partial charge in [0.15, 0.2) is 0 Å². The van der Waals surface area contributed by atoms with Crippen LogP contribution in [0.15, 0.2) is 30.3 Å². The maximum absolute atomic E-state index is 12.5. The highest BCUT2D eigenvalue weighted by Crippen LogP contribution is 2.38. The highest BCUT2D eigenvalue weighted by atomic mass is 35.5. The molecule has 142 valence electrons. The highest BCUT2D eigenvalue weighted by Gasteiger charge is 2.26. The molecule has 1 aliphatic carbocycles. The molecule has 4 nitrogen and oxygen atoms in total. The van der Waals surface area contributed by atoms with Crippen molar-refractivity contribution in [2.45, 2.75) is 39.0 Å². The van der Waals surface area contributed by atoms with Gasteiger partial charge in [0.1, 0.15) is 5.00 Å². The number of fused-ring (bicyclic) bond motifs is 1. The molecular weight excluding hydrogens is 382 g/mol. The Morgan fingerprint density at radius 1 is 1.19 bits per heavy atom. The molecule has 6 heteroatoms. The number of nitrogens with one attached hydrogen (secondary N) is 1. The van der Waals surface area contributed by atoms with Crippen molar-refractivity contribution < 1.29 is 14.3 Å². The summed E-state index contributed by atoms with van der Waals surface area (Å²) < 4.78 is 5.24. The van der Waals surface area contributed by atoms with Crippen molar-refractivity contribution >= 4 is 45.9 Å². The summed E-state index contributed by atoms with van der Waals surface area (Å²) in [6.45, 7) is 2.10. The van der Waals surface area contributed by atoms with Crippen molar-refractivity contribution in [2.24, 2.45) is 0 Å². The van der Waals surface area contributed by atoms with Crippen molar-refractivity contribution in [2.75, 3.05) is 11.9 Å². The molecule has 1 aromatic heterocycles. The van der Waals surface area contributed by atoms with Crippen LogP contribution in [0.1, 0.15) is 52.5 Å². The lowest BCUT2D eigenvalue weighted by atomic mass is 10.1. The molecule has 1 amide bonds. The third-order valence-electron chi connectivity index (χ3n) is 4.43. The molecule has 0 aliphatic heterocycles. The van der Waals surface area contributed by atoms with Crippen molar-refractivity contribution in [3.63, 3.8) is 0 Å². The van der Waals surface area contributed by atoms with E-state index in [9.17, 15) is 9.59 Å². The van der Waals surface area contributed by atoms with Gasteiger partial charge in [-0.3, -0.25) is 4.79 Å². The van der Waals surface area contributed by atoms with E-state index >= 15 is 0 Å². The molecule has 0 spiro atoms. The van der Waals surface area contributed by atoms with E-state index in [1.165, 1.54) is 22.3 Å². The Labute approximate surface area is 168 Å². The Kier molecular flexibility index (Phi) is 6.69. The number of esters is 1. The second-order valence-electron chi connectivity index (χ2n) is 6.36. The largest absolute Gasteiger partial charge is 0.462 e. The summed E-state index contributed by atoms with van der Waals surface area (Å²) in [4.78, 5) is 26.1. The molecule has 0 unspecified atom stereocenters. The third kappa shape index (κ3) is 4.99. The molecule has 3 rings (SSSR count). The molecule has 1 N–H and O–H groups in total. The number of carbonyl (C=O) groups excluding carboxylic acids is 2. The first-order chi connectivity index (χ1) is 13.1. The number of benzene rings is 1. The van der Waals surface area contributed by atoms with E-state index in [0.717, 1.165) is 43.2 Å². The van der Waals surface area contributed by atoms with Crippen LogP contribution in [0, 0.1) is 0 Å². The molecule has 0 atom stereocenters. The van der Waals surface area contributed by atoms with Crippen LogP contribution in [0.3, 0.4) is 0 Å². The molecule has 1 aliphatic rings. The summed E-state index contributed by atoms with van der Waals surface area (Å²) in [6.07, 6.45) is 8.31. The van der Waals surface area contributed by atoms with Gasteiger partial charge in [-0.1, -0.05) is 30.2 Å². The lowest BCUT2D eigenvalue weighted by molar-refractivity contribution is -0.111. The maximum atomic E-state index is 12.5. The lowest BCUT2D eigenvalue weighted by Gasteiger charge is -2.07. The van der Waals surface area contributed by atoms with Crippen molar-refractivity contribution in [1.29, 1.82) is 0 Å². The van der Waals surface area contributed by atoms with Gasteiger partial charge in [-0.15, -0.1) is 11.3 Å². The van der Waals surface area contributed by atoms with E-state index in [0.29, 0.717) is 22.2 Å². The predicted octanol–water partition coefficient (Wildman–Crippen LogP) is 5.50. The summed E-state index contributed by atoms with van der Waals surface area (Å²) >= 11 is 7.37. The maximum Gasteiger partial charge on any atom is 0.341 e. The molecule has 1 heterocycles. The molecule has 27 heavy (non-hydrogen) atoms. The van der Waals surface area contributed by atoms with E-state index in [4.69, 9.17) is 16.3 Å². The number of rotatable bonds is 5. The topological polar surface area (TPSA) is 55.4 Å². The number of amides is 1. The van der Waals surface area contributed by atoms with Crippen LogP contribution in [-0.2, 0) is 22.4 Å². The minimum absolute atomic E-state index is 0.271. The number of ether oxygens (including phenoxy) is 1. The normalized spacial score (nSPS) is 13.9. The second kappa shape index (κ2) is 9.20. The van der Waals surface area contributed by atoms with Crippen LogP contribution in [0.2, 0.25) is 5.02 Å². The molecule has 1 aromatic carbocycles. The number of hydrogen-bond donors (Lipinski definition) is 1. The molecule has 0 bridgehead atoms. The Morgan fingerprint density at radius 3 is 2.67 bits per heavy atom. The van der Waals surface area contributed by atoms with Crippen LogP contribution in [0.4, 0.5) is 5.00 Å². The third-order valence-corrected chi connectivity index (χ3v) is 5.89. The molecule has 0 radical (unpaired) electrons. The Morgan fingerprint density at radius 2 is 1.93 bits per heavy atom. The van der Waals surface area contributed by atoms with Gasteiger partial charge in [0.2, 0.25) is 5.91 Å². The molecule has 2 aromatic rings. The van der Waals surface area contributed by atoms with E-state index < -0.39 is 0 Å². The van der Waals surface area contributed by atoms with Crippen LogP contribution >= 0.6 is 22.9 Å². The average molecular weight is 404 g/mol. The van der Waals surface area contributed by atoms with Crippen molar-refractivity contribution in [3.05, 3.63) is 56.9 Å². The highest BCUT2D eigenvalue weighted by molar-refractivity contribution is 7.17.